The summed E-state index contributed by atoms with van der Waals surface area (Å²) in [5, 5.41) is 13.5. The fourth-order valence-corrected chi connectivity index (χ4v) is 4.03. The second-order valence-corrected chi connectivity index (χ2v) is 7.69. The summed E-state index contributed by atoms with van der Waals surface area (Å²) in [5.74, 6) is -1.96. The smallest absolute Gasteiger partial charge is 0.418 e. The third-order valence-corrected chi connectivity index (χ3v) is 5.81. The number of nitrogens with one attached hydrogen (secondary N) is 1. The van der Waals surface area contributed by atoms with Crippen LogP contribution in [0.3, 0.4) is 0 Å². The Bertz CT molecular complexity index is 1190. The number of ether oxygens (including phenoxy) is 1. The third-order valence-electron chi connectivity index (χ3n) is 4.15. The summed E-state index contributed by atoms with van der Waals surface area (Å²) in [6.07, 6.45) is -6.43. The predicted octanol–water partition coefficient (Wildman–Crippen LogP) is 5.67. The maximum Gasteiger partial charge on any atom is 0.418 e. The third kappa shape index (κ3) is 4.78. The fraction of sp³-hybridized carbons (Fsp3) is 0.158. The molecule has 162 valence electrons. The van der Waals surface area contributed by atoms with Crippen LogP contribution < -0.4 is 5.32 Å². The number of carbonyl (C=O) groups is 2. The average molecular weight is 473 g/mol. The Morgan fingerprint density at radius 1 is 1.23 bits per heavy atom. The number of anilines is 1. The summed E-state index contributed by atoms with van der Waals surface area (Å²) in [7, 11) is 0. The minimum atomic E-state index is -4.96. The number of fused-ring (bicyclic) bond motifs is 1. The molecule has 0 spiro atoms. The largest absolute Gasteiger partial charge is 0.448 e. The molecule has 2 aromatic carbocycles. The lowest BCUT2D eigenvalue weighted by Crippen LogP contribution is -2.30. The zero-order chi connectivity index (χ0) is 22.9. The molecule has 12 heteroatoms. The van der Waals surface area contributed by atoms with E-state index in [1.54, 1.807) is 24.3 Å². The second kappa shape index (κ2) is 8.52. The quantitative estimate of drug-likeness (QED) is 0.293. The Morgan fingerprint density at radius 3 is 2.52 bits per heavy atom. The van der Waals surface area contributed by atoms with E-state index in [-0.39, 0.29) is 9.90 Å². The van der Waals surface area contributed by atoms with E-state index in [9.17, 15) is 32.9 Å². The Balaban J connectivity index is 1.78. The van der Waals surface area contributed by atoms with E-state index in [2.05, 4.69) is 0 Å². The van der Waals surface area contributed by atoms with Crippen molar-refractivity contribution in [1.29, 1.82) is 0 Å². The number of nitrogens with zero attached hydrogens (tertiary/aromatic N) is 1. The molecule has 1 aromatic heterocycles. The zero-order valence-electron chi connectivity index (χ0n) is 15.5. The monoisotopic (exact) mass is 472 g/mol. The van der Waals surface area contributed by atoms with Crippen molar-refractivity contribution in [3.63, 3.8) is 0 Å². The highest BCUT2D eigenvalue weighted by molar-refractivity contribution is 7.21. The van der Waals surface area contributed by atoms with Crippen LogP contribution >= 0.6 is 22.9 Å². The van der Waals surface area contributed by atoms with Crippen LogP contribution in [0.15, 0.2) is 42.5 Å². The van der Waals surface area contributed by atoms with E-state index in [4.69, 9.17) is 16.3 Å². The molecule has 1 atom stereocenters. The number of carbonyl (C=O) groups excluding carboxylic acids is 2. The van der Waals surface area contributed by atoms with Gasteiger partial charge in [-0.3, -0.25) is 14.9 Å². The zero-order valence-corrected chi connectivity index (χ0v) is 17.1. The fourth-order valence-electron chi connectivity index (χ4n) is 2.64. The molecule has 7 nitrogen and oxygen atoms in total. The van der Waals surface area contributed by atoms with Crippen LogP contribution in [-0.4, -0.2) is 22.9 Å². The van der Waals surface area contributed by atoms with Gasteiger partial charge in [-0.15, -0.1) is 11.3 Å². The highest BCUT2D eigenvalue weighted by Gasteiger charge is 2.36. The standard InChI is InChI=1S/C19H12ClF3N2O5S/c1-9(30-18(27)16-15(20)11-4-2-3-5-14(11)31-16)17(26)24-13-7-6-10(25(28)29)8-12(13)19(21,22)23/h2-9H,1H3,(H,24,26). The van der Waals surface area contributed by atoms with Crippen molar-refractivity contribution in [3.8, 4) is 0 Å². The number of nitro groups is 1. The number of amides is 1. The van der Waals surface area contributed by atoms with Gasteiger partial charge in [0, 0.05) is 22.2 Å². The summed E-state index contributed by atoms with van der Waals surface area (Å²) >= 11 is 7.23. The van der Waals surface area contributed by atoms with Gasteiger partial charge in [-0.1, -0.05) is 29.8 Å². The summed E-state index contributed by atoms with van der Waals surface area (Å²) in [6.45, 7) is 1.17. The van der Waals surface area contributed by atoms with Gasteiger partial charge in [0.15, 0.2) is 6.10 Å². The van der Waals surface area contributed by atoms with Gasteiger partial charge in [-0.05, 0) is 19.1 Å². The van der Waals surface area contributed by atoms with Crippen molar-refractivity contribution in [2.24, 2.45) is 0 Å². The second-order valence-electron chi connectivity index (χ2n) is 6.26. The summed E-state index contributed by atoms with van der Waals surface area (Å²) < 4.78 is 45.5. The minimum Gasteiger partial charge on any atom is -0.448 e. The van der Waals surface area contributed by atoms with Crippen LogP contribution in [0.25, 0.3) is 10.1 Å². The SMILES string of the molecule is CC(OC(=O)c1sc2ccccc2c1Cl)C(=O)Nc1ccc([N+](=O)[O-])cc1C(F)(F)F. The molecule has 0 fully saturated rings. The molecule has 3 aromatic rings. The molecule has 3 rings (SSSR count). The van der Waals surface area contributed by atoms with Crippen molar-refractivity contribution in [2.45, 2.75) is 19.2 Å². The number of nitro benzene ring substituents is 1. The number of alkyl halides is 3. The molecule has 0 aliphatic carbocycles. The average Bonchev–Trinajstić information content (AvgIpc) is 3.04. The number of benzene rings is 2. The van der Waals surface area contributed by atoms with Gasteiger partial charge in [0.1, 0.15) is 4.88 Å². The lowest BCUT2D eigenvalue weighted by molar-refractivity contribution is -0.385. The molecule has 31 heavy (non-hydrogen) atoms. The van der Waals surface area contributed by atoms with Gasteiger partial charge >= 0.3 is 12.1 Å². The van der Waals surface area contributed by atoms with E-state index < -0.39 is 46.0 Å². The molecule has 1 amide bonds. The highest BCUT2D eigenvalue weighted by atomic mass is 35.5. The van der Waals surface area contributed by atoms with Crippen molar-refractivity contribution < 1.29 is 32.4 Å². The molecule has 1 heterocycles. The van der Waals surface area contributed by atoms with Crippen LogP contribution in [0, 0.1) is 10.1 Å². The summed E-state index contributed by atoms with van der Waals surface area (Å²) in [4.78, 5) is 34.5. The Kier molecular flexibility index (Phi) is 6.18. The van der Waals surface area contributed by atoms with Crippen molar-refractivity contribution >= 4 is 56.3 Å². The number of non-ortho nitro benzene ring substituents is 1. The topological polar surface area (TPSA) is 98.5 Å². The summed E-state index contributed by atoms with van der Waals surface area (Å²) in [5.41, 5.74) is -2.89. The predicted molar refractivity (Wildman–Crippen MR) is 108 cm³/mol. The van der Waals surface area contributed by atoms with Crippen LogP contribution in [0.1, 0.15) is 22.2 Å². The molecular weight excluding hydrogens is 461 g/mol. The first kappa shape index (κ1) is 22.5. The first-order valence-corrected chi connectivity index (χ1v) is 9.73. The van der Waals surface area contributed by atoms with Crippen molar-refractivity contribution in [3.05, 3.63) is 68.0 Å². The Labute approximate surface area is 181 Å². The molecule has 0 aliphatic heterocycles. The van der Waals surface area contributed by atoms with E-state index in [1.165, 1.54) is 6.92 Å². The maximum atomic E-state index is 13.2. The van der Waals surface area contributed by atoms with Gasteiger partial charge in [0.05, 0.1) is 21.2 Å². The molecule has 0 radical (unpaired) electrons. The number of hydrogen-bond donors (Lipinski definition) is 1. The number of esters is 1. The Hall–Kier alpha value is -3.18. The maximum absolute atomic E-state index is 13.2. The molecule has 0 saturated carbocycles. The Morgan fingerprint density at radius 2 is 1.90 bits per heavy atom. The van der Waals surface area contributed by atoms with Crippen LogP contribution in [0.2, 0.25) is 5.02 Å². The lowest BCUT2D eigenvalue weighted by Gasteiger charge is -2.16. The first-order chi connectivity index (χ1) is 14.5. The number of halogens is 4. The van der Waals surface area contributed by atoms with Crippen LogP contribution in [-0.2, 0) is 15.7 Å². The van der Waals surface area contributed by atoms with E-state index in [0.717, 1.165) is 28.2 Å². The highest BCUT2D eigenvalue weighted by Crippen LogP contribution is 2.38. The first-order valence-electron chi connectivity index (χ1n) is 8.53. The van der Waals surface area contributed by atoms with Crippen molar-refractivity contribution in [2.75, 3.05) is 5.32 Å². The molecular formula is C19H12ClF3N2O5S. The van der Waals surface area contributed by atoms with Crippen molar-refractivity contribution in [1.82, 2.24) is 0 Å². The molecule has 1 N–H and O–H groups in total. The lowest BCUT2D eigenvalue weighted by atomic mass is 10.1. The van der Waals surface area contributed by atoms with Gasteiger partial charge in [0.2, 0.25) is 0 Å². The van der Waals surface area contributed by atoms with Gasteiger partial charge < -0.3 is 10.1 Å². The van der Waals surface area contributed by atoms with Crippen LogP contribution in [0.4, 0.5) is 24.5 Å². The van der Waals surface area contributed by atoms with Gasteiger partial charge in [-0.2, -0.15) is 13.2 Å². The molecule has 0 aliphatic rings. The van der Waals surface area contributed by atoms with Crippen LogP contribution in [0.5, 0.6) is 0 Å². The molecule has 1 unspecified atom stereocenters. The van der Waals surface area contributed by atoms with Gasteiger partial charge in [0.25, 0.3) is 11.6 Å². The number of thiophene rings is 1. The molecule has 0 saturated heterocycles. The minimum absolute atomic E-state index is 0.0498. The van der Waals surface area contributed by atoms with E-state index in [1.807, 2.05) is 5.32 Å². The van der Waals surface area contributed by atoms with Gasteiger partial charge in [-0.25, -0.2) is 4.79 Å². The number of hydrogen-bond acceptors (Lipinski definition) is 6. The normalized spacial score (nSPS) is 12.4. The summed E-state index contributed by atoms with van der Waals surface area (Å²) in [6, 6.07) is 8.82. The molecule has 0 bridgehead atoms. The van der Waals surface area contributed by atoms with E-state index >= 15 is 0 Å². The van der Waals surface area contributed by atoms with E-state index in [0.29, 0.717) is 11.5 Å². The number of rotatable bonds is 5.